The van der Waals surface area contributed by atoms with Crippen LogP contribution in [0.25, 0.3) is 0 Å². The van der Waals surface area contributed by atoms with Gasteiger partial charge in [-0.05, 0) is 50.3 Å². The Labute approximate surface area is 137 Å². The Morgan fingerprint density at radius 1 is 1.30 bits per heavy atom. The number of rotatable bonds is 8. The predicted octanol–water partition coefficient (Wildman–Crippen LogP) is 2.05. The van der Waals surface area contributed by atoms with Crippen LogP contribution in [0.1, 0.15) is 38.7 Å². The van der Waals surface area contributed by atoms with Crippen LogP contribution < -0.4 is 15.4 Å². The quantitative estimate of drug-likeness (QED) is 0.721. The van der Waals surface area contributed by atoms with Crippen molar-refractivity contribution in [2.45, 2.75) is 45.6 Å². The van der Waals surface area contributed by atoms with E-state index >= 15 is 0 Å². The summed E-state index contributed by atoms with van der Waals surface area (Å²) < 4.78 is 5.19. The number of carbonyl (C=O) groups excluding carboxylic acids is 2. The highest BCUT2D eigenvalue weighted by molar-refractivity contribution is 6.07. The summed E-state index contributed by atoms with van der Waals surface area (Å²) in [5.74, 6) is 0.521. The van der Waals surface area contributed by atoms with Crippen LogP contribution in [-0.2, 0) is 16.0 Å². The first-order valence-electron chi connectivity index (χ1n) is 8.24. The molecule has 5 heteroatoms. The van der Waals surface area contributed by atoms with Gasteiger partial charge in [-0.15, -0.1) is 0 Å². The molecule has 1 aliphatic carbocycles. The van der Waals surface area contributed by atoms with Crippen LogP contribution in [0.2, 0.25) is 0 Å². The first-order chi connectivity index (χ1) is 11.0. The van der Waals surface area contributed by atoms with Crippen molar-refractivity contribution in [1.29, 1.82) is 0 Å². The Balaban J connectivity index is 1.83. The van der Waals surface area contributed by atoms with Crippen molar-refractivity contribution in [3.8, 4) is 5.75 Å². The van der Waals surface area contributed by atoms with Crippen LogP contribution in [0.15, 0.2) is 24.3 Å². The molecule has 5 nitrogen and oxygen atoms in total. The number of hydrogen-bond donors (Lipinski definition) is 2. The molecule has 1 saturated carbocycles. The molecule has 1 unspecified atom stereocenters. The minimum atomic E-state index is -0.836. The van der Waals surface area contributed by atoms with Gasteiger partial charge in [0, 0.05) is 12.6 Å². The molecule has 1 aliphatic rings. The van der Waals surface area contributed by atoms with Crippen molar-refractivity contribution in [1.82, 2.24) is 10.6 Å². The highest BCUT2D eigenvalue weighted by atomic mass is 16.5. The zero-order valence-electron chi connectivity index (χ0n) is 14.1. The van der Waals surface area contributed by atoms with E-state index in [-0.39, 0.29) is 17.9 Å². The molecule has 1 aromatic rings. The molecule has 23 heavy (non-hydrogen) atoms. The van der Waals surface area contributed by atoms with E-state index in [0.29, 0.717) is 25.8 Å². The number of benzene rings is 1. The number of hydrogen-bond acceptors (Lipinski definition) is 3. The van der Waals surface area contributed by atoms with Gasteiger partial charge in [-0.2, -0.15) is 0 Å². The molecule has 0 heterocycles. The summed E-state index contributed by atoms with van der Waals surface area (Å²) in [4.78, 5) is 24.6. The van der Waals surface area contributed by atoms with Gasteiger partial charge >= 0.3 is 0 Å². The van der Waals surface area contributed by atoms with E-state index in [9.17, 15) is 9.59 Å². The van der Waals surface area contributed by atoms with E-state index < -0.39 is 5.41 Å². The van der Waals surface area contributed by atoms with Gasteiger partial charge in [0.15, 0.2) is 0 Å². The summed E-state index contributed by atoms with van der Waals surface area (Å²) in [6.45, 7) is 4.48. The summed E-state index contributed by atoms with van der Waals surface area (Å²) in [5, 5.41) is 5.82. The number of amides is 2. The van der Waals surface area contributed by atoms with Gasteiger partial charge in [0.2, 0.25) is 11.8 Å². The Bertz CT molecular complexity index is 567. The van der Waals surface area contributed by atoms with Crippen LogP contribution in [0, 0.1) is 5.41 Å². The third-order valence-corrected chi connectivity index (χ3v) is 4.44. The zero-order chi connectivity index (χ0) is 16.9. The van der Waals surface area contributed by atoms with Gasteiger partial charge in [0.1, 0.15) is 11.2 Å². The molecule has 1 atom stereocenters. The van der Waals surface area contributed by atoms with E-state index in [0.717, 1.165) is 17.7 Å². The summed E-state index contributed by atoms with van der Waals surface area (Å²) in [6.07, 6.45) is 2.85. The molecule has 0 spiro atoms. The molecule has 1 fully saturated rings. The Hall–Kier alpha value is -2.04. The Morgan fingerprint density at radius 2 is 2.04 bits per heavy atom. The second kappa shape index (κ2) is 7.49. The molecule has 0 aliphatic heterocycles. The third kappa shape index (κ3) is 4.24. The number of methoxy groups -OCH3 is 1. The SMILES string of the molecule is CCC(C)NC(=O)C1(C(=O)NCCc2cccc(OC)c2)CC1. The highest BCUT2D eigenvalue weighted by Gasteiger charge is 2.56. The molecule has 0 radical (unpaired) electrons. The van der Waals surface area contributed by atoms with Crippen LogP contribution in [-0.4, -0.2) is 31.5 Å². The van der Waals surface area contributed by atoms with Crippen LogP contribution >= 0.6 is 0 Å². The van der Waals surface area contributed by atoms with E-state index in [4.69, 9.17) is 4.74 Å². The molecule has 0 saturated heterocycles. The maximum atomic E-state index is 12.4. The second-order valence-corrected chi connectivity index (χ2v) is 6.22. The lowest BCUT2D eigenvalue weighted by molar-refractivity contribution is -0.137. The number of carbonyl (C=O) groups is 2. The Kier molecular flexibility index (Phi) is 5.64. The van der Waals surface area contributed by atoms with Crippen molar-refractivity contribution in [2.24, 2.45) is 5.41 Å². The fraction of sp³-hybridized carbons (Fsp3) is 0.556. The topological polar surface area (TPSA) is 67.4 Å². The average Bonchev–Trinajstić information content (AvgIpc) is 3.36. The molecule has 2 N–H and O–H groups in total. The number of nitrogens with one attached hydrogen (secondary N) is 2. The van der Waals surface area contributed by atoms with Gasteiger partial charge in [-0.3, -0.25) is 9.59 Å². The van der Waals surface area contributed by atoms with Crippen LogP contribution in [0.4, 0.5) is 0 Å². The molecule has 126 valence electrons. The average molecular weight is 318 g/mol. The lowest BCUT2D eigenvalue weighted by atomic mass is 10.0. The molecular weight excluding hydrogens is 292 g/mol. The molecule has 0 bridgehead atoms. The maximum Gasteiger partial charge on any atom is 0.235 e. The molecule has 2 rings (SSSR count). The summed E-state index contributed by atoms with van der Waals surface area (Å²) in [5.41, 5.74) is 0.260. The number of ether oxygens (including phenoxy) is 1. The molecular formula is C18H26N2O3. The normalized spacial score (nSPS) is 16.3. The third-order valence-electron chi connectivity index (χ3n) is 4.44. The van der Waals surface area contributed by atoms with Crippen molar-refractivity contribution < 1.29 is 14.3 Å². The predicted molar refractivity (Wildman–Crippen MR) is 89.3 cm³/mol. The molecule has 2 amide bonds. The molecule has 0 aromatic heterocycles. The molecule has 1 aromatic carbocycles. The first-order valence-corrected chi connectivity index (χ1v) is 8.24. The summed E-state index contributed by atoms with van der Waals surface area (Å²) >= 11 is 0. The first kappa shape index (κ1) is 17.3. The minimum Gasteiger partial charge on any atom is -0.497 e. The lowest BCUT2D eigenvalue weighted by Gasteiger charge is -2.18. The zero-order valence-corrected chi connectivity index (χ0v) is 14.1. The van der Waals surface area contributed by atoms with E-state index in [1.807, 2.05) is 38.1 Å². The fourth-order valence-electron chi connectivity index (χ4n) is 2.46. The van der Waals surface area contributed by atoms with Crippen molar-refractivity contribution in [2.75, 3.05) is 13.7 Å². The monoisotopic (exact) mass is 318 g/mol. The fourth-order valence-corrected chi connectivity index (χ4v) is 2.46. The smallest absolute Gasteiger partial charge is 0.235 e. The second-order valence-electron chi connectivity index (χ2n) is 6.22. The van der Waals surface area contributed by atoms with Gasteiger partial charge in [-0.25, -0.2) is 0 Å². The largest absolute Gasteiger partial charge is 0.497 e. The van der Waals surface area contributed by atoms with Crippen molar-refractivity contribution in [3.05, 3.63) is 29.8 Å². The van der Waals surface area contributed by atoms with E-state index in [1.165, 1.54) is 0 Å². The summed E-state index contributed by atoms with van der Waals surface area (Å²) in [6, 6.07) is 7.87. The van der Waals surface area contributed by atoms with Crippen molar-refractivity contribution in [3.63, 3.8) is 0 Å². The van der Waals surface area contributed by atoms with Gasteiger partial charge < -0.3 is 15.4 Å². The minimum absolute atomic E-state index is 0.101. The Morgan fingerprint density at radius 3 is 2.65 bits per heavy atom. The van der Waals surface area contributed by atoms with Crippen molar-refractivity contribution >= 4 is 11.8 Å². The lowest BCUT2D eigenvalue weighted by Crippen LogP contribution is -2.46. The maximum absolute atomic E-state index is 12.4. The van der Waals surface area contributed by atoms with E-state index in [1.54, 1.807) is 7.11 Å². The van der Waals surface area contributed by atoms with Gasteiger partial charge in [0.05, 0.1) is 7.11 Å². The summed E-state index contributed by atoms with van der Waals surface area (Å²) in [7, 11) is 1.63. The van der Waals surface area contributed by atoms with E-state index in [2.05, 4.69) is 10.6 Å². The highest BCUT2D eigenvalue weighted by Crippen LogP contribution is 2.46. The van der Waals surface area contributed by atoms with Crippen LogP contribution in [0.3, 0.4) is 0 Å². The van der Waals surface area contributed by atoms with Gasteiger partial charge in [0.25, 0.3) is 0 Å². The standard InChI is InChI=1S/C18H26N2O3/c1-4-13(2)20-17(22)18(9-10-18)16(21)19-11-8-14-6-5-7-15(12-14)23-3/h5-7,12-13H,4,8-11H2,1-3H3,(H,19,21)(H,20,22). The van der Waals surface area contributed by atoms with Crippen LogP contribution in [0.5, 0.6) is 5.75 Å². The van der Waals surface area contributed by atoms with Gasteiger partial charge in [-0.1, -0.05) is 19.1 Å².